The molecule has 0 radical (unpaired) electrons. The molecule has 1 N–H and O–H groups in total. The molecule has 2 aliphatic rings. The lowest BCUT2D eigenvalue weighted by molar-refractivity contribution is -0.139. The normalized spacial score (nSPS) is 17.9. The van der Waals surface area contributed by atoms with Crippen LogP contribution in [0.2, 0.25) is 0 Å². The fraction of sp³-hybridized carbons (Fsp3) is 0.400. The molecule has 2 aromatic carbocycles. The monoisotopic (exact) mass is 473 g/mol. The number of carbonyl (C=O) groups is 3. The lowest BCUT2D eigenvalue weighted by Crippen LogP contribution is -2.44. The molecule has 180 valence electrons. The van der Waals surface area contributed by atoms with Gasteiger partial charge in [0.15, 0.2) is 0 Å². The molecule has 0 aromatic heterocycles. The van der Waals surface area contributed by atoms with Gasteiger partial charge in [0.05, 0.1) is 12.1 Å². The minimum atomic E-state index is -4.35. The summed E-state index contributed by atoms with van der Waals surface area (Å²) >= 11 is 0. The number of nitrogens with one attached hydrogen (secondary N) is 1. The zero-order chi connectivity index (χ0) is 24.3. The molecule has 0 bridgehead atoms. The number of alkyl halides is 3. The van der Waals surface area contributed by atoms with E-state index in [1.807, 2.05) is 0 Å². The SMILES string of the molecule is O=C(NC1CCN(Cc2cccc(C(F)(F)F)c2)CC1)c1ccc(CN2C(=O)CCC2=O)cc1. The summed E-state index contributed by atoms with van der Waals surface area (Å²) < 4.78 is 38.8. The summed E-state index contributed by atoms with van der Waals surface area (Å²) in [6, 6.07) is 12.2. The van der Waals surface area contributed by atoms with Crippen molar-refractivity contribution in [2.24, 2.45) is 0 Å². The number of carbonyl (C=O) groups excluding carboxylic acids is 3. The molecule has 34 heavy (non-hydrogen) atoms. The van der Waals surface area contributed by atoms with Crippen LogP contribution in [0.1, 0.15) is 52.7 Å². The topological polar surface area (TPSA) is 69.7 Å². The highest BCUT2D eigenvalue weighted by Crippen LogP contribution is 2.30. The van der Waals surface area contributed by atoms with E-state index >= 15 is 0 Å². The highest BCUT2D eigenvalue weighted by Gasteiger charge is 2.31. The first-order valence-corrected chi connectivity index (χ1v) is 11.3. The van der Waals surface area contributed by atoms with Crippen molar-refractivity contribution in [3.63, 3.8) is 0 Å². The van der Waals surface area contributed by atoms with Crippen molar-refractivity contribution >= 4 is 17.7 Å². The number of likely N-dealkylation sites (tertiary alicyclic amines) is 2. The summed E-state index contributed by atoms with van der Waals surface area (Å²) in [5.74, 6) is -0.548. The molecular weight excluding hydrogens is 447 g/mol. The molecule has 9 heteroatoms. The number of benzene rings is 2. The van der Waals surface area contributed by atoms with Gasteiger partial charge in [-0.05, 0) is 42.2 Å². The van der Waals surface area contributed by atoms with Crippen LogP contribution in [0.3, 0.4) is 0 Å². The highest BCUT2D eigenvalue weighted by molar-refractivity contribution is 6.01. The first-order chi connectivity index (χ1) is 16.2. The summed E-state index contributed by atoms with van der Waals surface area (Å²) in [5, 5.41) is 3.02. The van der Waals surface area contributed by atoms with E-state index in [4.69, 9.17) is 0 Å². The van der Waals surface area contributed by atoms with Crippen LogP contribution in [-0.2, 0) is 28.9 Å². The number of halogens is 3. The van der Waals surface area contributed by atoms with Gasteiger partial charge in [-0.2, -0.15) is 13.2 Å². The van der Waals surface area contributed by atoms with Crippen molar-refractivity contribution in [3.8, 4) is 0 Å². The molecule has 0 unspecified atom stereocenters. The van der Waals surface area contributed by atoms with Gasteiger partial charge in [0.1, 0.15) is 0 Å². The maximum Gasteiger partial charge on any atom is 0.416 e. The van der Waals surface area contributed by atoms with Gasteiger partial charge in [-0.15, -0.1) is 0 Å². The molecule has 0 aliphatic carbocycles. The Morgan fingerprint density at radius 2 is 1.56 bits per heavy atom. The Morgan fingerprint density at radius 1 is 0.912 bits per heavy atom. The predicted molar refractivity (Wildman–Crippen MR) is 118 cm³/mol. The van der Waals surface area contributed by atoms with Crippen LogP contribution < -0.4 is 5.32 Å². The van der Waals surface area contributed by atoms with E-state index in [1.165, 1.54) is 17.0 Å². The van der Waals surface area contributed by atoms with E-state index in [-0.39, 0.29) is 43.1 Å². The molecule has 2 fully saturated rings. The minimum Gasteiger partial charge on any atom is -0.349 e. The lowest BCUT2D eigenvalue weighted by atomic mass is 10.0. The Balaban J connectivity index is 1.25. The second kappa shape index (κ2) is 9.97. The van der Waals surface area contributed by atoms with E-state index in [1.54, 1.807) is 30.3 Å². The summed E-state index contributed by atoms with van der Waals surface area (Å²) in [7, 11) is 0. The third-order valence-electron chi connectivity index (χ3n) is 6.29. The lowest BCUT2D eigenvalue weighted by Gasteiger charge is -2.32. The van der Waals surface area contributed by atoms with Crippen molar-refractivity contribution < 1.29 is 27.6 Å². The second-order valence-corrected chi connectivity index (χ2v) is 8.79. The average Bonchev–Trinajstić information content (AvgIpc) is 3.12. The van der Waals surface area contributed by atoms with Crippen LogP contribution in [0.4, 0.5) is 13.2 Å². The van der Waals surface area contributed by atoms with E-state index in [9.17, 15) is 27.6 Å². The van der Waals surface area contributed by atoms with Crippen LogP contribution in [0.25, 0.3) is 0 Å². The number of hydrogen-bond donors (Lipinski definition) is 1. The first kappa shape index (κ1) is 23.9. The molecule has 2 saturated heterocycles. The number of imide groups is 1. The van der Waals surface area contributed by atoms with E-state index in [0.29, 0.717) is 43.6 Å². The van der Waals surface area contributed by atoms with Crippen LogP contribution in [-0.4, -0.2) is 46.7 Å². The van der Waals surface area contributed by atoms with Crippen LogP contribution in [0.15, 0.2) is 48.5 Å². The maximum absolute atomic E-state index is 12.9. The summed E-state index contributed by atoms with van der Waals surface area (Å²) in [6.07, 6.45) is -2.44. The van der Waals surface area contributed by atoms with Gasteiger partial charge in [0.2, 0.25) is 11.8 Å². The van der Waals surface area contributed by atoms with Gasteiger partial charge in [0, 0.05) is 44.1 Å². The number of hydrogen-bond acceptors (Lipinski definition) is 4. The molecule has 2 aliphatic heterocycles. The molecule has 2 aromatic rings. The third-order valence-corrected chi connectivity index (χ3v) is 6.29. The minimum absolute atomic E-state index is 0.00946. The van der Waals surface area contributed by atoms with E-state index < -0.39 is 11.7 Å². The smallest absolute Gasteiger partial charge is 0.349 e. The van der Waals surface area contributed by atoms with Gasteiger partial charge in [-0.25, -0.2) is 0 Å². The van der Waals surface area contributed by atoms with Gasteiger partial charge in [-0.3, -0.25) is 24.2 Å². The van der Waals surface area contributed by atoms with Gasteiger partial charge in [-0.1, -0.05) is 30.3 Å². The van der Waals surface area contributed by atoms with Crippen molar-refractivity contribution in [1.82, 2.24) is 15.1 Å². The largest absolute Gasteiger partial charge is 0.416 e. The first-order valence-electron chi connectivity index (χ1n) is 11.3. The highest BCUT2D eigenvalue weighted by atomic mass is 19.4. The Bertz CT molecular complexity index is 1050. The Labute approximate surface area is 195 Å². The maximum atomic E-state index is 12.9. The van der Waals surface area contributed by atoms with Crippen LogP contribution in [0, 0.1) is 0 Å². The van der Waals surface area contributed by atoms with Crippen molar-refractivity contribution in [3.05, 3.63) is 70.8 Å². The molecular formula is C25H26F3N3O3. The van der Waals surface area contributed by atoms with E-state index in [0.717, 1.165) is 11.6 Å². The molecule has 0 spiro atoms. The number of amides is 3. The Morgan fingerprint density at radius 3 is 2.18 bits per heavy atom. The van der Waals surface area contributed by atoms with Crippen molar-refractivity contribution in [1.29, 1.82) is 0 Å². The fourth-order valence-corrected chi connectivity index (χ4v) is 4.35. The quantitative estimate of drug-likeness (QED) is 0.649. The fourth-order valence-electron chi connectivity index (χ4n) is 4.35. The third kappa shape index (κ3) is 5.83. The number of rotatable bonds is 6. The van der Waals surface area contributed by atoms with Gasteiger partial charge < -0.3 is 5.32 Å². The molecule has 2 heterocycles. The van der Waals surface area contributed by atoms with Crippen molar-refractivity contribution in [2.75, 3.05) is 13.1 Å². The van der Waals surface area contributed by atoms with Crippen LogP contribution >= 0.6 is 0 Å². The molecule has 6 nitrogen and oxygen atoms in total. The Hall–Kier alpha value is -3.20. The molecule has 3 amide bonds. The van der Waals surface area contributed by atoms with Gasteiger partial charge in [0.25, 0.3) is 5.91 Å². The van der Waals surface area contributed by atoms with Crippen molar-refractivity contribution in [2.45, 2.75) is 51.0 Å². The molecule has 4 rings (SSSR count). The number of piperidine rings is 1. The van der Waals surface area contributed by atoms with Crippen LogP contribution in [0.5, 0.6) is 0 Å². The summed E-state index contributed by atoms with van der Waals surface area (Å²) in [6.45, 7) is 2.01. The second-order valence-electron chi connectivity index (χ2n) is 8.79. The number of nitrogens with zero attached hydrogens (tertiary/aromatic N) is 2. The summed E-state index contributed by atoms with van der Waals surface area (Å²) in [5.41, 5.74) is 1.25. The Kier molecular flexibility index (Phi) is 7.02. The molecule has 0 atom stereocenters. The van der Waals surface area contributed by atoms with E-state index in [2.05, 4.69) is 10.2 Å². The summed E-state index contributed by atoms with van der Waals surface area (Å²) in [4.78, 5) is 39.5. The predicted octanol–water partition coefficient (Wildman–Crippen LogP) is 3.75. The molecule has 0 saturated carbocycles. The average molecular weight is 473 g/mol. The zero-order valence-electron chi connectivity index (χ0n) is 18.6. The zero-order valence-corrected chi connectivity index (χ0v) is 18.6. The standard InChI is InChI=1S/C25H26F3N3O3/c26-25(27,28)20-3-1-2-18(14-20)15-30-12-10-21(11-13-30)29-24(34)19-6-4-17(5-7-19)16-31-22(32)8-9-23(31)33/h1-7,14,21H,8-13,15-16H2,(H,29,34). The van der Waals surface area contributed by atoms with Gasteiger partial charge >= 0.3 is 6.18 Å².